The van der Waals surface area contributed by atoms with Crippen LogP contribution in [0.3, 0.4) is 0 Å². The molecular weight excluding hydrogens is 166 g/mol. The van der Waals surface area contributed by atoms with Gasteiger partial charge in [-0.25, -0.2) is 4.98 Å². The summed E-state index contributed by atoms with van der Waals surface area (Å²) in [6.45, 7) is 2.13. The summed E-state index contributed by atoms with van der Waals surface area (Å²) >= 11 is 7.59. The molecule has 56 valence electrons. The summed E-state index contributed by atoms with van der Waals surface area (Å²) in [7, 11) is 0. The lowest BCUT2D eigenvalue weighted by Crippen LogP contribution is -1.88. The zero-order valence-corrected chi connectivity index (χ0v) is 7.45. The van der Waals surface area contributed by atoms with E-state index in [1.54, 1.807) is 11.3 Å². The summed E-state index contributed by atoms with van der Waals surface area (Å²) in [5, 5.41) is 2.13. The molecule has 10 heavy (non-hydrogen) atoms. The SMILES string of the molecule is CCCC(Cl)c1cscn1. The highest BCUT2D eigenvalue weighted by atomic mass is 35.5. The van der Waals surface area contributed by atoms with Gasteiger partial charge >= 0.3 is 0 Å². The Bertz CT molecular complexity index is 174. The predicted octanol–water partition coefficient (Wildman–Crippen LogP) is 3.22. The van der Waals surface area contributed by atoms with Gasteiger partial charge in [-0.1, -0.05) is 13.3 Å². The summed E-state index contributed by atoms with van der Waals surface area (Å²) in [6.07, 6.45) is 2.14. The molecule has 0 fully saturated rings. The van der Waals surface area contributed by atoms with Gasteiger partial charge in [-0.3, -0.25) is 0 Å². The van der Waals surface area contributed by atoms with Crippen LogP contribution in [0.4, 0.5) is 0 Å². The van der Waals surface area contributed by atoms with Gasteiger partial charge in [0.1, 0.15) is 0 Å². The van der Waals surface area contributed by atoms with Crippen LogP contribution in [-0.4, -0.2) is 4.98 Å². The van der Waals surface area contributed by atoms with E-state index in [1.807, 2.05) is 10.9 Å². The maximum Gasteiger partial charge on any atom is 0.0795 e. The molecule has 1 nitrogen and oxygen atoms in total. The fourth-order valence-corrected chi connectivity index (χ4v) is 1.80. The quantitative estimate of drug-likeness (QED) is 0.643. The normalized spacial score (nSPS) is 13.4. The summed E-state index contributed by atoms with van der Waals surface area (Å²) in [6, 6.07) is 0. The van der Waals surface area contributed by atoms with Gasteiger partial charge in [-0.15, -0.1) is 22.9 Å². The highest BCUT2D eigenvalue weighted by Crippen LogP contribution is 2.24. The molecule has 0 N–H and O–H groups in total. The van der Waals surface area contributed by atoms with Crippen molar-refractivity contribution in [3.8, 4) is 0 Å². The number of thiazole rings is 1. The summed E-state index contributed by atoms with van der Waals surface area (Å²) in [5.74, 6) is 0. The second-order valence-electron chi connectivity index (χ2n) is 2.17. The van der Waals surface area contributed by atoms with Gasteiger partial charge in [0.05, 0.1) is 16.6 Å². The Morgan fingerprint density at radius 1 is 1.80 bits per heavy atom. The zero-order valence-electron chi connectivity index (χ0n) is 5.88. The molecule has 3 heteroatoms. The third-order valence-corrected chi connectivity index (χ3v) is 2.36. The zero-order chi connectivity index (χ0) is 7.40. The molecule has 1 aromatic rings. The molecule has 0 saturated carbocycles. The third-order valence-electron chi connectivity index (χ3n) is 1.31. The minimum Gasteiger partial charge on any atom is -0.248 e. The van der Waals surface area contributed by atoms with Crippen LogP contribution >= 0.6 is 22.9 Å². The number of alkyl halides is 1. The highest BCUT2D eigenvalue weighted by Gasteiger charge is 2.06. The number of rotatable bonds is 3. The van der Waals surface area contributed by atoms with Gasteiger partial charge in [0, 0.05) is 5.38 Å². The summed E-state index contributed by atoms with van der Waals surface area (Å²) < 4.78 is 0. The number of halogens is 1. The Morgan fingerprint density at radius 2 is 2.60 bits per heavy atom. The van der Waals surface area contributed by atoms with Crippen molar-refractivity contribution < 1.29 is 0 Å². The molecule has 0 amide bonds. The molecule has 1 rings (SSSR count). The maximum absolute atomic E-state index is 5.99. The molecule has 0 aliphatic heterocycles. The standard InChI is InChI=1S/C7H10ClNS/c1-2-3-6(8)7-4-10-5-9-7/h4-6H,2-3H2,1H3. The number of hydrogen-bond donors (Lipinski definition) is 0. The Balaban J connectivity index is 2.50. The lowest BCUT2D eigenvalue weighted by Gasteiger charge is -2.01. The van der Waals surface area contributed by atoms with Gasteiger partial charge in [0.2, 0.25) is 0 Å². The van der Waals surface area contributed by atoms with E-state index in [0.29, 0.717) is 0 Å². The first-order valence-corrected chi connectivity index (χ1v) is 4.74. The largest absolute Gasteiger partial charge is 0.248 e. The lowest BCUT2D eigenvalue weighted by molar-refractivity contribution is 0.756. The minimum atomic E-state index is 0.122. The van der Waals surface area contributed by atoms with E-state index in [0.717, 1.165) is 18.5 Å². The van der Waals surface area contributed by atoms with Crippen LogP contribution in [0.5, 0.6) is 0 Å². The van der Waals surface area contributed by atoms with Gasteiger partial charge < -0.3 is 0 Å². The number of aromatic nitrogens is 1. The Labute approximate surface area is 70.1 Å². The van der Waals surface area contributed by atoms with Crippen LogP contribution in [-0.2, 0) is 0 Å². The first kappa shape index (κ1) is 8.02. The molecule has 1 heterocycles. The van der Waals surface area contributed by atoms with E-state index in [2.05, 4.69) is 11.9 Å². The van der Waals surface area contributed by atoms with Gasteiger partial charge in [0.15, 0.2) is 0 Å². The second kappa shape index (κ2) is 3.94. The van der Waals surface area contributed by atoms with Crippen molar-refractivity contribution in [3.05, 3.63) is 16.6 Å². The van der Waals surface area contributed by atoms with Crippen LogP contribution in [0.1, 0.15) is 30.8 Å². The molecule has 0 bridgehead atoms. The smallest absolute Gasteiger partial charge is 0.0795 e. The molecule has 0 radical (unpaired) electrons. The van der Waals surface area contributed by atoms with E-state index in [1.165, 1.54) is 0 Å². The maximum atomic E-state index is 5.99. The third kappa shape index (κ3) is 1.96. The van der Waals surface area contributed by atoms with E-state index in [4.69, 9.17) is 11.6 Å². The van der Waals surface area contributed by atoms with Crippen molar-refractivity contribution in [3.63, 3.8) is 0 Å². The van der Waals surface area contributed by atoms with Crippen LogP contribution < -0.4 is 0 Å². The minimum absolute atomic E-state index is 0.122. The molecule has 0 aliphatic carbocycles. The Morgan fingerprint density at radius 3 is 3.10 bits per heavy atom. The van der Waals surface area contributed by atoms with Crippen LogP contribution in [0.25, 0.3) is 0 Å². The number of hydrogen-bond acceptors (Lipinski definition) is 2. The fourth-order valence-electron chi connectivity index (χ4n) is 0.778. The molecule has 0 spiro atoms. The molecule has 0 aliphatic rings. The van der Waals surface area contributed by atoms with Gasteiger partial charge in [0.25, 0.3) is 0 Å². The van der Waals surface area contributed by atoms with E-state index < -0.39 is 0 Å². The lowest BCUT2D eigenvalue weighted by atomic mass is 10.2. The molecule has 0 saturated heterocycles. The van der Waals surface area contributed by atoms with Crippen molar-refractivity contribution in [2.45, 2.75) is 25.1 Å². The van der Waals surface area contributed by atoms with Crippen molar-refractivity contribution in [2.24, 2.45) is 0 Å². The second-order valence-corrected chi connectivity index (χ2v) is 3.42. The molecule has 1 aromatic heterocycles. The van der Waals surface area contributed by atoms with Crippen LogP contribution in [0.15, 0.2) is 10.9 Å². The Kier molecular flexibility index (Phi) is 3.16. The molecule has 1 unspecified atom stereocenters. The monoisotopic (exact) mass is 175 g/mol. The average Bonchev–Trinajstić information content (AvgIpc) is 2.38. The fraction of sp³-hybridized carbons (Fsp3) is 0.571. The first-order valence-electron chi connectivity index (χ1n) is 3.36. The summed E-state index contributed by atoms with van der Waals surface area (Å²) in [5.41, 5.74) is 2.84. The van der Waals surface area contributed by atoms with Gasteiger partial charge in [-0.2, -0.15) is 0 Å². The van der Waals surface area contributed by atoms with E-state index in [9.17, 15) is 0 Å². The molecule has 1 atom stereocenters. The van der Waals surface area contributed by atoms with Crippen molar-refractivity contribution >= 4 is 22.9 Å². The van der Waals surface area contributed by atoms with Crippen molar-refractivity contribution in [2.75, 3.05) is 0 Å². The van der Waals surface area contributed by atoms with E-state index in [-0.39, 0.29) is 5.38 Å². The molecular formula is C7H10ClNS. The predicted molar refractivity (Wildman–Crippen MR) is 45.6 cm³/mol. The Hall–Kier alpha value is -0.0800. The number of nitrogens with zero attached hydrogens (tertiary/aromatic N) is 1. The summed E-state index contributed by atoms with van der Waals surface area (Å²) in [4.78, 5) is 4.12. The highest BCUT2D eigenvalue weighted by molar-refractivity contribution is 7.07. The van der Waals surface area contributed by atoms with Gasteiger partial charge in [-0.05, 0) is 6.42 Å². The van der Waals surface area contributed by atoms with Crippen LogP contribution in [0.2, 0.25) is 0 Å². The van der Waals surface area contributed by atoms with E-state index >= 15 is 0 Å². The first-order chi connectivity index (χ1) is 4.84. The topological polar surface area (TPSA) is 12.9 Å². The van der Waals surface area contributed by atoms with Crippen molar-refractivity contribution in [1.29, 1.82) is 0 Å². The average molecular weight is 176 g/mol. The molecule has 0 aromatic carbocycles. The van der Waals surface area contributed by atoms with Crippen molar-refractivity contribution in [1.82, 2.24) is 4.98 Å². The van der Waals surface area contributed by atoms with Crippen LogP contribution in [0, 0.1) is 0 Å².